The van der Waals surface area contributed by atoms with Gasteiger partial charge >= 0.3 is 12.7 Å². The molecule has 0 amide bonds. The van der Waals surface area contributed by atoms with Crippen molar-refractivity contribution >= 4 is 52.8 Å². The van der Waals surface area contributed by atoms with Gasteiger partial charge in [0.05, 0.1) is 18.8 Å². The van der Waals surface area contributed by atoms with E-state index < -0.39 is 24.2 Å². The number of ether oxygens (including phenoxy) is 2. The molecule has 0 saturated carbocycles. The molecule has 0 aliphatic carbocycles. The normalized spacial score (nSPS) is 13.8. The SMILES string of the molecule is Cc1ccc(N=C(N)N=C(N)NN(CCN=C(N)N=C(N)Nc2ccc(OC(F)(F)F)cc2)CCN=C(N)N=C(N)Nc2ccc(OC(F)(F)F)cc2)cc1. The monoisotopic (exact) mass is 780 g/mol. The molecule has 0 unspecified atom stereocenters. The van der Waals surface area contributed by atoms with E-state index in [9.17, 15) is 26.3 Å². The van der Waals surface area contributed by atoms with Crippen LogP contribution in [0.2, 0.25) is 0 Å². The smallest absolute Gasteiger partial charge is 0.406 e. The van der Waals surface area contributed by atoms with E-state index in [1.807, 2.05) is 19.1 Å². The Hall–Kier alpha value is -6.98. The highest BCUT2D eigenvalue weighted by atomic mass is 19.4. The average Bonchev–Trinajstić information content (AvgIpc) is 3.06. The summed E-state index contributed by atoms with van der Waals surface area (Å²) in [6.07, 6.45) is -9.67. The van der Waals surface area contributed by atoms with Crippen LogP contribution in [0.15, 0.2) is 103 Å². The molecular weight excluding hydrogens is 742 g/mol. The van der Waals surface area contributed by atoms with E-state index in [1.54, 1.807) is 12.1 Å². The van der Waals surface area contributed by atoms with Crippen molar-refractivity contribution in [2.45, 2.75) is 19.6 Å². The van der Waals surface area contributed by atoms with Gasteiger partial charge in [-0.2, -0.15) is 15.0 Å². The maximum absolute atomic E-state index is 12.4. The molecule has 18 nitrogen and oxygen atoms in total. The number of hydrazine groups is 1. The van der Waals surface area contributed by atoms with Gasteiger partial charge in [-0.3, -0.25) is 15.4 Å². The molecular formula is C31H38F6N16O2. The zero-order valence-corrected chi connectivity index (χ0v) is 28.9. The van der Waals surface area contributed by atoms with Crippen LogP contribution in [0.5, 0.6) is 11.5 Å². The van der Waals surface area contributed by atoms with Gasteiger partial charge in [-0.15, -0.1) is 26.3 Å². The molecule has 24 heteroatoms. The number of aryl methyl sites for hydroxylation is 1. The third-order valence-electron chi connectivity index (χ3n) is 6.26. The summed E-state index contributed by atoms with van der Waals surface area (Å²) in [6.45, 7) is 2.24. The third-order valence-corrected chi connectivity index (χ3v) is 6.26. The summed E-state index contributed by atoms with van der Waals surface area (Å²) in [4.78, 5) is 24.4. The Morgan fingerprint density at radius 3 is 1.38 bits per heavy atom. The Bertz CT molecular complexity index is 1780. The van der Waals surface area contributed by atoms with E-state index in [1.165, 1.54) is 29.3 Å². The van der Waals surface area contributed by atoms with Crippen molar-refractivity contribution < 1.29 is 35.8 Å². The van der Waals surface area contributed by atoms with Crippen LogP contribution in [0.25, 0.3) is 0 Å². The second-order valence-corrected chi connectivity index (χ2v) is 10.8. The Balaban J connectivity index is 1.65. The molecule has 3 rings (SSSR count). The molecule has 0 heterocycles. The average molecular weight is 781 g/mol. The lowest BCUT2D eigenvalue weighted by atomic mass is 10.2. The van der Waals surface area contributed by atoms with Gasteiger partial charge in [0, 0.05) is 24.5 Å². The molecule has 0 bridgehead atoms. The van der Waals surface area contributed by atoms with Crippen molar-refractivity contribution in [3.63, 3.8) is 0 Å². The Morgan fingerprint density at radius 1 is 0.582 bits per heavy atom. The van der Waals surface area contributed by atoms with Crippen molar-refractivity contribution in [2.75, 3.05) is 36.8 Å². The van der Waals surface area contributed by atoms with Gasteiger partial charge in [0.2, 0.25) is 35.8 Å². The highest BCUT2D eigenvalue weighted by Gasteiger charge is 2.31. The van der Waals surface area contributed by atoms with Crippen molar-refractivity contribution in [3.05, 3.63) is 78.4 Å². The summed E-state index contributed by atoms with van der Waals surface area (Å²) >= 11 is 0. The lowest BCUT2D eigenvalue weighted by Crippen LogP contribution is -2.48. The number of nitrogens with zero attached hydrogens (tertiary/aromatic N) is 7. The van der Waals surface area contributed by atoms with Gasteiger partial charge in [0.15, 0.2) is 0 Å². The fraction of sp³-hybridized carbons (Fsp3) is 0.226. The third kappa shape index (κ3) is 17.9. The molecule has 0 aromatic heterocycles. The minimum Gasteiger partial charge on any atom is -0.406 e. The molecule has 0 fully saturated rings. The van der Waals surface area contributed by atoms with Crippen LogP contribution in [0.1, 0.15) is 5.56 Å². The van der Waals surface area contributed by atoms with Gasteiger partial charge in [-0.1, -0.05) is 17.7 Å². The lowest BCUT2D eigenvalue weighted by Gasteiger charge is -2.22. The van der Waals surface area contributed by atoms with E-state index >= 15 is 0 Å². The number of guanidine groups is 6. The number of alkyl halides is 6. The second-order valence-electron chi connectivity index (χ2n) is 10.8. The van der Waals surface area contributed by atoms with Crippen LogP contribution in [-0.2, 0) is 0 Å². The standard InChI is InChI=1S/C31H38F6N16O2/c1-18-2-4-19(5-3-18)46-28(42)51-29(43)52-53(16-14-44-24(38)49-26(40)47-20-6-10-22(11-7-20)54-30(32,33)34)17-15-45-25(39)50-27(41)48-21-8-12-23(13-9-21)55-31(35,36)37/h2-13H,14-17H2,1H3,(H5,38,40,44,47,49)(H5,39,41,45,48,50)(H5,42,43,46,51,52). The minimum absolute atomic E-state index is 0.0281. The summed E-state index contributed by atoms with van der Waals surface area (Å²) in [6, 6.07) is 16.7. The fourth-order valence-corrected chi connectivity index (χ4v) is 4.03. The van der Waals surface area contributed by atoms with Gasteiger partial charge in [-0.05, 0) is 67.6 Å². The molecule has 296 valence electrons. The minimum atomic E-state index is -4.84. The first-order valence-electron chi connectivity index (χ1n) is 15.6. The largest absolute Gasteiger partial charge is 0.573 e. The van der Waals surface area contributed by atoms with E-state index in [4.69, 9.17) is 34.4 Å². The zero-order valence-electron chi connectivity index (χ0n) is 28.9. The van der Waals surface area contributed by atoms with Crippen LogP contribution in [0.4, 0.5) is 43.4 Å². The van der Waals surface area contributed by atoms with Gasteiger partial charge in [0.1, 0.15) is 11.5 Å². The first kappa shape index (κ1) is 42.4. The number of rotatable bonds is 12. The number of hydrogen-bond donors (Lipinski definition) is 9. The molecule has 0 radical (unpaired) electrons. The van der Waals surface area contributed by atoms with Gasteiger partial charge in [-0.25, -0.2) is 10.0 Å². The van der Waals surface area contributed by atoms with Crippen LogP contribution >= 0.6 is 0 Å². The highest BCUT2D eigenvalue weighted by molar-refractivity contribution is 6.01. The molecule has 3 aromatic rings. The molecule has 0 aliphatic heterocycles. The number of aliphatic imine (C=N–C) groups is 6. The summed E-state index contributed by atoms with van der Waals surface area (Å²) in [5.41, 5.74) is 40.5. The van der Waals surface area contributed by atoms with Gasteiger partial charge in [0.25, 0.3) is 0 Å². The number of nitrogens with two attached hydrogens (primary N) is 6. The van der Waals surface area contributed by atoms with Crippen molar-refractivity contribution in [2.24, 2.45) is 64.4 Å². The quantitative estimate of drug-likeness (QED) is 0.0554. The molecule has 3 aromatic carbocycles. The number of hydrogen-bond acceptors (Lipinski definition) is 6. The topological polar surface area (TPSA) is 288 Å². The summed E-state index contributed by atoms with van der Waals surface area (Å²) in [5, 5.41) is 6.86. The Labute approximate surface area is 309 Å². The number of benzene rings is 3. The molecule has 0 atom stereocenters. The van der Waals surface area contributed by atoms with E-state index in [2.05, 4.69) is 55.5 Å². The zero-order chi connectivity index (χ0) is 40.6. The summed E-state index contributed by atoms with van der Waals surface area (Å²) < 4.78 is 82.1. The predicted molar refractivity (Wildman–Crippen MR) is 199 cm³/mol. The number of nitrogens with one attached hydrogen (secondary N) is 3. The van der Waals surface area contributed by atoms with Crippen LogP contribution in [0, 0.1) is 6.92 Å². The first-order valence-corrected chi connectivity index (χ1v) is 15.6. The number of anilines is 2. The van der Waals surface area contributed by atoms with Crippen molar-refractivity contribution in [3.8, 4) is 11.5 Å². The second kappa shape index (κ2) is 19.7. The van der Waals surface area contributed by atoms with E-state index in [-0.39, 0.29) is 61.9 Å². The fourth-order valence-electron chi connectivity index (χ4n) is 4.03. The molecule has 0 aliphatic rings. The Kier molecular flexibility index (Phi) is 15.2. The van der Waals surface area contributed by atoms with Crippen molar-refractivity contribution in [1.82, 2.24) is 10.4 Å². The van der Waals surface area contributed by atoms with Crippen LogP contribution in [-0.4, -0.2) is 79.7 Å². The number of halogens is 6. The van der Waals surface area contributed by atoms with Gasteiger partial charge < -0.3 is 54.5 Å². The Morgan fingerprint density at radius 2 is 0.982 bits per heavy atom. The lowest BCUT2D eigenvalue weighted by molar-refractivity contribution is -0.275. The van der Waals surface area contributed by atoms with Crippen molar-refractivity contribution in [1.29, 1.82) is 0 Å². The maximum Gasteiger partial charge on any atom is 0.573 e. The summed E-state index contributed by atoms with van der Waals surface area (Å²) in [5.74, 6) is -2.00. The predicted octanol–water partition coefficient (Wildman–Crippen LogP) is 2.34. The maximum atomic E-state index is 12.4. The highest BCUT2D eigenvalue weighted by Crippen LogP contribution is 2.25. The molecule has 0 spiro atoms. The molecule has 55 heavy (non-hydrogen) atoms. The van der Waals surface area contributed by atoms with E-state index in [0.717, 1.165) is 29.8 Å². The summed E-state index contributed by atoms with van der Waals surface area (Å²) in [7, 11) is 0. The van der Waals surface area contributed by atoms with Crippen LogP contribution in [0.3, 0.4) is 0 Å². The van der Waals surface area contributed by atoms with E-state index in [0.29, 0.717) is 17.1 Å². The first-order chi connectivity index (χ1) is 25.8. The molecule has 0 saturated heterocycles. The molecule has 15 N–H and O–H groups in total. The van der Waals surface area contributed by atoms with Crippen LogP contribution < -0.4 is 59.9 Å².